The molecule has 0 radical (unpaired) electrons. The van der Waals surface area contributed by atoms with E-state index in [1.807, 2.05) is 0 Å². The largest absolute Gasteiger partial charge is 0.245 e. The lowest BCUT2D eigenvalue weighted by Crippen LogP contribution is -2.00. The Kier molecular flexibility index (Phi) is 2.48. The average Bonchev–Trinajstić information content (AvgIpc) is 1.92. The maximum Gasteiger partial charge on any atom is 0.178 e. The van der Waals surface area contributed by atoms with Crippen molar-refractivity contribution in [3.05, 3.63) is 22.7 Å². The van der Waals surface area contributed by atoms with Crippen molar-refractivity contribution in [2.45, 2.75) is 4.90 Å². The third-order valence-electron chi connectivity index (χ3n) is 1.17. The fourth-order valence-corrected chi connectivity index (χ4v) is 2.45. The molecule has 1 aromatic rings. The fourth-order valence-electron chi connectivity index (χ4n) is 0.664. The van der Waals surface area contributed by atoms with Crippen LogP contribution in [0.25, 0.3) is 0 Å². The van der Waals surface area contributed by atoms with E-state index in [1.165, 1.54) is 0 Å². The predicted molar refractivity (Wildman–Crippen MR) is 45.0 cm³/mol. The summed E-state index contributed by atoms with van der Waals surface area (Å²) in [5.41, 5.74) is 0. The molecule has 0 aliphatic rings. The third kappa shape index (κ3) is 2.01. The number of hydrogen-bond donors (Lipinski definition) is 0. The van der Waals surface area contributed by atoms with Crippen molar-refractivity contribution in [3.63, 3.8) is 0 Å². The van der Waals surface area contributed by atoms with E-state index in [2.05, 4.69) is 20.9 Å². The van der Waals surface area contributed by atoms with Crippen LogP contribution in [-0.2, 0) is 9.84 Å². The van der Waals surface area contributed by atoms with E-state index in [-0.39, 0.29) is 9.50 Å². The zero-order valence-electron chi connectivity index (χ0n) is 6.08. The Balaban J connectivity index is 3.43. The second-order valence-electron chi connectivity index (χ2n) is 2.21. The number of hydrogen-bond acceptors (Lipinski definition) is 3. The SMILES string of the molecule is CS(=O)(=O)c1cc(F)cnc1Br. The highest BCUT2D eigenvalue weighted by atomic mass is 79.9. The minimum absolute atomic E-state index is 0.131. The molecule has 0 aliphatic heterocycles. The summed E-state index contributed by atoms with van der Waals surface area (Å²) in [6.07, 6.45) is 1.94. The summed E-state index contributed by atoms with van der Waals surface area (Å²) in [4.78, 5) is 3.37. The van der Waals surface area contributed by atoms with Gasteiger partial charge in [0.25, 0.3) is 0 Å². The molecule has 0 fully saturated rings. The molecular weight excluding hydrogens is 249 g/mol. The van der Waals surface area contributed by atoms with Gasteiger partial charge in [-0.2, -0.15) is 0 Å². The Morgan fingerprint density at radius 1 is 1.58 bits per heavy atom. The first-order valence-corrected chi connectivity index (χ1v) is 5.61. The van der Waals surface area contributed by atoms with Crippen molar-refractivity contribution in [2.24, 2.45) is 0 Å². The summed E-state index contributed by atoms with van der Waals surface area (Å²) in [5.74, 6) is -0.668. The van der Waals surface area contributed by atoms with Gasteiger partial charge < -0.3 is 0 Å². The van der Waals surface area contributed by atoms with Crippen LogP contribution in [0.1, 0.15) is 0 Å². The number of rotatable bonds is 1. The Labute approximate surface area is 77.7 Å². The first-order valence-electron chi connectivity index (χ1n) is 2.92. The van der Waals surface area contributed by atoms with Crippen molar-refractivity contribution in [1.82, 2.24) is 4.98 Å². The average molecular weight is 254 g/mol. The number of aromatic nitrogens is 1. The Morgan fingerprint density at radius 2 is 2.17 bits per heavy atom. The summed E-state index contributed by atoms with van der Waals surface area (Å²) in [6.45, 7) is 0. The van der Waals surface area contributed by atoms with E-state index in [4.69, 9.17) is 0 Å². The number of pyridine rings is 1. The maximum atomic E-state index is 12.5. The van der Waals surface area contributed by atoms with Crippen molar-refractivity contribution < 1.29 is 12.8 Å². The van der Waals surface area contributed by atoms with Crippen LogP contribution in [0, 0.1) is 5.82 Å². The van der Waals surface area contributed by atoms with Gasteiger partial charge in [0.1, 0.15) is 15.3 Å². The lowest BCUT2D eigenvalue weighted by atomic mass is 10.5. The van der Waals surface area contributed by atoms with Crippen LogP contribution in [0.15, 0.2) is 21.8 Å². The zero-order valence-corrected chi connectivity index (χ0v) is 8.49. The van der Waals surface area contributed by atoms with Gasteiger partial charge in [-0.1, -0.05) is 0 Å². The van der Waals surface area contributed by atoms with E-state index in [0.29, 0.717) is 0 Å². The van der Waals surface area contributed by atoms with Crippen LogP contribution < -0.4 is 0 Å². The Bertz CT molecular complexity index is 404. The van der Waals surface area contributed by atoms with Gasteiger partial charge in [0.05, 0.1) is 6.20 Å². The quantitative estimate of drug-likeness (QED) is 0.711. The van der Waals surface area contributed by atoms with Crippen molar-refractivity contribution in [3.8, 4) is 0 Å². The third-order valence-corrected chi connectivity index (χ3v) is 3.18. The van der Waals surface area contributed by atoms with Gasteiger partial charge in [-0.3, -0.25) is 0 Å². The van der Waals surface area contributed by atoms with Gasteiger partial charge in [0, 0.05) is 6.26 Å². The second kappa shape index (κ2) is 3.10. The minimum atomic E-state index is -3.41. The molecular formula is C6H5BrFNO2S. The predicted octanol–water partition coefficient (Wildman–Crippen LogP) is 1.39. The summed E-state index contributed by atoms with van der Waals surface area (Å²) in [6, 6.07) is 0.923. The fraction of sp³-hybridized carbons (Fsp3) is 0.167. The second-order valence-corrected chi connectivity index (χ2v) is 4.95. The summed E-state index contributed by atoms with van der Waals surface area (Å²) in [7, 11) is -3.41. The van der Waals surface area contributed by atoms with E-state index < -0.39 is 15.7 Å². The molecule has 0 aliphatic carbocycles. The standard InChI is InChI=1S/C6H5BrFNO2S/c1-12(10,11)5-2-4(8)3-9-6(5)7/h2-3H,1H3. The molecule has 0 atom stereocenters. The van der Waals surface area contributed by atoms with Crippen LogP contribution in [0.5, 0.6) is 0 Å². The van der Waals surface area contributed by atoms with Crippen LogP contribution in [-0.4, -0.2) is 19.7 Å². The molecule has 0 bridgehead atoms. The number of sulfone groups is 1. The lowest BCUT2D eigenvalue weighted by Gasteiger charge is -1.99. The normalized spacial score (nSPS) is 11.6. The van der Waals surface area contributed by atoms with Gasteiger partial charge in [-0.05, 0) is 22.0 Å². The molecule has 0 aromatic carbocycles. The molecule has 0 unspecified atom stereocenters. The molecule has 12 heavy (non-hydrogen) atoms. The molecule has 0 N–H and O–H groups in total. The van der Waals surface area contributed by atoms with Crippen molar-refractivity contribution >= 4 is 25.8 Å². The van der Waals surface area contributed by atoms with Crippen LogP contribution in [0.3, 0.4) is 0 Å². The van der Waals surface area contributed by atoms with Crippen molar-refractivity contribution in [2.75, 3.05) is 6.26 Å². The molecule has 1 rings (SSSR count). The molecule has 0 spiro atoms. The van der Waals surface area contributed by atoms with Crippen molar-refractivity contribution in [1.29, 1.82) is 0 Å². The lowest BCUT2D eigenvalue weighted by molar-refractivity contribution is 0.591. The smallest absolute Gasteiger partial charge is 0.178 e. The molecule has 6 heteroatoms. The first-order chi connectivity index (χ1) is 5.41. The minimum Gasteiger partial charge on any atom is -0.245 e. The Morgan fingerprint density at radius 3 is 2.58 bits per heavy atom. The number of nitrogens with zero attached hydrogens (tertiary/aromatic N) is 1. The van der Waals surface area contributed by atoms with E-state index >= 15 is 0 Å². The van der Waals surface area contributed by atoms with E-state index in [1.54, 1.807) is 0 Å². The highest BCUT2D eigenvalue weighted by Crippen LogP contribution is 2.19. The van der Waals surface area contributed by atoms with E-state index in [0.717, 1.165) is 18.5 Å². The first kappa shape index (κ1) is 9.60. The molecule has 66 valence electrons. The van der Waals surface area contributed by atoms with Gasteiger partial charge in [-0.15, -0.1) is 0 Å². The van der Waals surface area contributed by atoms with E-state index in [9.17, 15) is 12.8 Å². The topological polar surface area (TPSA) is 47.0 Å². The highest BCUT2D eigenvalue weighted by molar-refractivity contribution is 9.10. The van der Waals surface area contributed by atoms with Gasteiger partial charge in [0.2, 0.25) is 0 Å². The number of halogens is 2. The maximum absolute atomic E-state index is 12.5. The molecule has 1 aromatic heterocycles. The van der Waals surface area contributed by atoms with Gasteiger partial charge >= 0.3 is 0 Å². The molecule has 0 amide bonds. The summed E-state index contributed by atoms with van der Waals surface area (Å²) >= 11 is 2.91. The zero-order chi connectivity index (χ0) is 9.35. The highest BCUT2D eigenvalue weighted by Gasteiger charge is 2.13. The van der Waals surface area contributed by atoms with Gasteiger partial charge in [-0.25, -0.2) is 17.8 Å². The molecule has 1 heterocycles. The molecule has 3 nitrogen and oxygen atoms in total. The monoisotopic (exact) mass is 253 g/mol. The molecule has 0 saturated carbocycles. The van der Waals surface area contributed by atoms with Gasteiger partial charge in [0.15, 0.2) is 9.84 Å². The molecule has 0 saturated heterocycles. The Hall–Kier alpha value is -0.490. The summed E-state index contributed by atoms with van der Waals surface area (Å²) < 4.78 is 34.6. The van der Waals surface area contributed by atoms with Crippen LogP contribution in [0.4, 0.5) is 4.39 Å². The van der Waals surface area contributed by atoms with Crippen LogP contribution >= 0.6 is 15.9 Å². The summed E-state index contributed by atoms with van der Waals surface area (Å²) in [5, 5.41) is 0. The van der Waals surface area contributed by atoms with Crippen LogP contribution in [0.2, 0.25) is 0 Å².